The van der Waals surface area contributed by atoms with E-state index < -0.39 is 12.1 Å². The topological polar surface area (TPSA) is 69.6 Å². The van der Waals surface area contributed by atoms with Crippen LogP contribution in [0.15, 0.2) is 97.2 Å². The van der Waals surface area contributed by atoms with Crippen LogP contribution in [-0.4, -0.2) is 34.9 Å². The summed E-state index contributed by atoms with van der Waals surface area (Å²) in [6.07, 6.45) is 68.2. The third-order valence-corrected chi connectivity index (χ3v) is 9.82. The molecular formula is C51H87NO3. The van der Waals surface area contributed by atoms with Crippen LogP contribution in [0.1, 0.15) is 200 Å². The lowest BCUT2D eigenvalue weighted by Gasteiger charge is -2.20. The van der Waals surface area contributed by atoms with Crippen molar-refractivity contribution in [1.82, 2.24) is 5.32 Å². The molecule has 0 aliphatic rings. The van der Waals surface area contributed by atoms with E-state index in [1.165, 1.54) is 109 Å². The summed E-state index contributed by atoms with van der Waals surface area (Å²) in [6.45, 7) is 4.14. The highest BCUT2D eigenvalue weighted by Gasteiger charge is 2.17. The van der Waals surface area contributed by atoms with Gasteiger partial charge in [-0.25, -0.2) is 0 Å². The highest BCUT2D eigenvalue weighted by molar-refractivity contribution is 5.76. The van der Waals surface area contributed by atoms with Crippen molar-refractivity contribution in [3.8, 4) is 0 Å². The lowest BCUT2D eigenvalue weighted by molar-refractivity contribution is -0.123. The molecule has 0 aromatic rings. The Kier molecular flexibility index (Phi) is 43.5. The van der Waals surface area contributed by atoms with E-state index >= 15 is 0 Å². The minimum atomic E-state index is -0.841. The first-order chi connectivity index (χ1) is 27.2. The molecule has 55 heavy (non-hydrogen) atoms. The fourth-order valence-electron chi connectivity index (χ4n) is 6.33. The van der Waals surface area contributed by atoms with Crippen molar-refractivity contribution in [3.05, 3.63) is 97.2 Å². The number of unbranched alkanes of at least 4 members (excludes halogenated alkanes) is 19. The van der Waals surface area contributed by atoms with Gasteiger partial charge in [-0.05, 0) is 77.0 Å². The van der Waals surface area contributed by atoms with Gasteiger partial charge in [0.05, 0.1) is 18.8 Å². The largest absolute Gasteiger partial charge is 0.394 e. The molecule has 0 saturated carbocycles. The molecule has 314 valence electrons. The molecule has 4 nitrogen and oxygen atoms in total. The predicted molar refractivity (Wildman–Crippen MR) is 243 cm³/mol. The zero-order valence-electron chi connectivity index (χ0n) is 35.9. The molecule has 0 bridgehead atoms. The van der Waals surface area contributed by atoms with Gasteiger partial charge in [0.2, 0.25) is 5.91 Å². The van der Waals surface area contributed by atoms with E-state index in [0.717, 1.165) is 70.6 Å². The molecule has 4 heteroatoms. The second kappa shape index (κ2) is 45.7. The summed E-state index contributed by atoms with van der Waals surface area (Å²) in [4.78, 5) is 12.3. The van der Waals surface area contributed by atoms with Crippen molar-refractivity contribution in [2.75, 3.05) is 6.61 Å². The lowest BCUT2D eigenvalue weighted by atomic mass is 10.0. The fourth-order valence-corrected chi connectivity index (χ4v) is 6.33. The van der Waals surface area contributed by atoms with Crippen LogP contribution < -0.4 is 5.32 Å². The van der Waals surface area contributed by atoms with E-state index in [0.29, 0.717) is 6.42 Å². The van der Waals surface area contributed by atoms with E-state index in [1.807, 2.05) is 6.08 Å². The Balaban J connectivity index is 3.53. The lowest BCUT2D eigenvalue weighted by Crippen LogP contribution is -2.45. The molecule has 2 unspecified atom stereocenters. The average molecular weight is 762 g/mol. The summed E-state index contributed by atoms with van der Waals surface area (Å²) in [5.74, 6) is -0.0734. The molecule has 2 atom stereocenters. The van der Waals surface area contributed by atoms with Gasteiger partial charge < -0.3 is 15.5 Å². The molecule has 0 spiro atoms. The predicted octanol–water partition coefficient (Wildman–Crippen LogP) is 14.6. The number of aliphatic hydroxyl groups is 2. The Bertz CT molecular complexity index is 1050. The summed E-state index contributed by atoms with van der Waals surface area (Å²) in [6, 6.07) is -0.624. The van der Waals surface area contributed by atoms with E-state index in [2.05, 4.69) is 104 Å². The molecule has 0 heterocycles. The summed E-state index contributed by atoms with van der Waals surface area (Å²) < 4.78 is 0. The van der Waals surface area contributed by atoms with Crippen LogP contribution >= 0.6 is 0 Å². The van der Waals surface area contributed by atoms with Crippen LogP contribution in [0.4, 0.5) is 0 Å². The summed E-state index contributed by atoms with van der Waals surface area (Å²) in [5, 5.41) is 22.8. The van der Waals surface area contributed by atoms with Crippen LogP contribution in [-0.2, 0) is 4.79 Å². The van der Waals surface area contributed by atoms with Crippen LogP contribution in [0.5, 0.6) is 0 Å². The van der Waals surface area contributed by atoms with Crippen molar-refractivity contribution in [3.63, 3.8) is 0 Å². The minimum Gasteiger partial charge on any atom is -0.394 e. The van der Waals surface area contributed by atoms with Gasteiger partial charge >= 0.3 is 0 Å². The van der Waals surface area contributed by atoms with Crippen molar-refractivity contribution in [2.24, 2.45) is 0 Å². The van der Waals surface area contributed by atoms with Gasteiger partial charge in [-0.15, -0.1) is 0 Å². The van der Waals surface area contributed by atoms with Gasteiger partial charge in [-0.2, -0.15) is 0 Å². The highest BCUT2D eigenvalue weighted by atomic mass is 16.3. The first-order valence-corrected chi connectivity index (χ1v) is 23.0. The molecule has 0 aromatic heterocycles. The number of nitrogens with one attached hydrogen (secondary N) is 1. The Morgan fingerprint density at radius 1 is 0.455 bits per heavy atom. The van der Waals surface area contributed by atoms with E-state index in [1.54, 1.807) is 6.08 Å². The van der Waals surface area contributed by atoms with E-state index in [4.69, 9.17) is 0 Å². The van der Waals surface area contributed by atoms with Crippen molar-refractivity contribution >= 4 is 5.91 Å². The zero-order chi connectivity index (χ0) is 40.0. The molecule has 0 saturated heterocycles. The fraction of sp³-hybridized carbons (Fsp3) is 0.667. The second-order valence-corrected chi connectivity index (χ2v) is 15.1. The van der Waals surface area contributed by atoms with E-state index in [9.17, 15) is 15.0 Å². The van der Waals surface area contributed by atoms with E-state index in [-0.39, 0.29) is 12.5 Å². The van der Waals surface area contributed by atoms with Crippen LogP contribution in [0.25, 0.3) is 0 Å². The first-order valence-electron chi connectivity index (χ1n) is 23.0. The maximum atomic E-state index is 12.3. The number of hydrogen-bond donors (Lipinski definition) is 3. The molecule has 0 fully saturated rings. The molecule has 0 rings (SSSR count). The Labute approximate surface area is 341 Å². The molecule has 0 aromatic carbocycles. The normalized spacial score (nSPS) is 13.9. The van der Waals surface area contributed by atoms with Gasteiger partial charge in [-0.1, -0.05) is 214 Å². The SMILES string of the molecule is CC/C=C\C/C=C\C/C=C\C/C=C\C/C=C\C/C=C\C/C=C\CCCCCCCCCCCCCCCC(=O)NC(CO)C(O)/C=C/CCCCCCCC. The maximum Gasteiger partial charge on any atom is 0.220 e. The Hall–Kier alpha value is -2.69. The molecule has 0 aliphatic heterocycles. The molecular weight excluding hydrogens is 675 g/mol. The van der Waals surface area contributed by atoms with Crippen LogP contribution in [0.2, 0.25) is 0 Å². The smallest absolute Gasteiger partial charge is 0.220 e. The number of carbonyl (C=O) groups is 1. The third kappa shape index (κ3) is 42.3. The zero-order valence-corrected chi connectivity index (χ0v) is 35.9. The summed E-state index contributed by atoms with van der Waals surface area (Å²) >= 11 is 0. The molecule has 1 amide bonds. The van der Waals surface area contributed by atoms with Gasteiger partial charge in [0, 0.05) is 6.42 Å². The Morgan fingerprint density at radius 2 is 0.800 bits per heavy atom. The number of aliphatic hydroxyl groups excluding tert-OH is 2. The third-order valence-electron chi connectivity index (χ3n) is 9.82. The van der Waals surface area contributed by atoms with Crippen molar-refractivity contribution in [1.29, 1.82) is 0 Å². The van der Waals surface area contributed by atoms with Crippen LogP contribution in [0.3, 0.4) is 0 Å². The summed E-state index contributed by atoms with van der Waals surface area (Å²) in [5.41, 5.74) is 0. The quantitative estimate of drug-likeness (QED) is 0.0430. The monoisotopic (exact) mass is 762 g/mol. The van der Waals surface area contributed by atoms with Gasteiger partial charge in [0.1, 0.15) is 0 Å². The number of amides is 1. The average Bonchev–Trinajstić information content (AvgIpc) is 3.19. The number of hydrogen-bond acceptors (Lipinski definition) is 3. The first kappa shape index (κ1) is 52.3. The van der Waals surface area contributed by atoms with Gasteiger partial charge in [-0.3, -0.25) is 4.79 Å². The van der Waals surface area contributed by atoms with Gasteiger partial charge in [0.25, 0.3) is 0 Å². The standard InChI is InChI=1S/C51H87NO3/c1-3-5-7-9-11-13-14-15-16-17-18-19-20-21-22-23-24-25-26-27-28-29-30-31-32-33-34-35-36-37-38-39-41-43-45-47-51(55)52-49(48-53)50(54)46-44-42-40-12-10-8-6-4-2/h5,7,11,13,15-16,18-19,21-22,24-25,27-28,44,46,49-50,53-54H,3-4,6,8-10,12,14,17,20,23,26,29-43,45,47-48H2,1-2H3,(H,52,55)/b7-5-,13-11-,16-15-,19-18-,22-21-,25-24-,28-27-,46-44+. The summed E-state index contributed by atoms with van der Waals surface area (Å²) in [7, 11) is 0. The number of rotatable bonds is 40. The highest BCUT2D eigenvalue weighted by Crippen LogP contribution is 2.14. The number of carbonyl (C=O) groups excluding carboxylic acids is 1. The number of allylic oxidation sites excluding steroid dienone is 15. The maximum absolute atomic E-state index is 12.3. The molecule has 0 aliphatic carbocycles. The molecule has 3 N–H and O–H groups in total. The second-order valence-electron chi connectivity index (χ2n) is 15.1. The minimum absolute atomic E-state index is 0.0734. The van der Waals surface area contributed by atoms with Crippen molar-refractivity contribution in [2.45, 2.75) is 212 Å². The molecule has 0 radical (unpaired) electrons. The van der Waals surface area contributed by atoms with Gasteiger partial charge in [0.15, 0.2) is 0 Å². The van der Waals surface area contributed by atoms with Crippen LogP contribution in [0, 0.1) is 0 Å². The Morgan fingerprint density at radius 3 is 1.20 bits per heavy atom. The van der Waals surface area contributed by atoms with Crippen molar-refractivity contribution < 1.29 is 15.0 Å².